The Labute approximate surface area is 144 Å². The third-order valence-electron chi connectivity index (χ3n) is 4.14. The molecule has 0 aliphatic carbocycles. The summed E-state index contributed by atoms with van der Waals surface area (Å²) in [5.41, 5.74) is 2.41. The van der Waals surface area contributed by atoms with E-state index in [1.165, 1.54) is 4.90 Å². The van der Waals surface area contributed by atoms with Crippen molar-refractivity contribution in [2.75, 3.05) is 18.6 Å². The van der Waals surface area contributed by atoms with E-state index in [2.05, 4.69) is 0 Å². The molecule has 5 nitrogen and oxygen atoms in total. The summed E-state index contributed by atoms with van der Waals surface area (Å²) >= 11 is 6.25. The molecule has 1 saturated heterocycles. The lowest BCUT2D eigenvalue weighted by atomic mass is 10.0. The van der Waals surface area contributed by atoms with Gasteiger partial charge in [0.1, 0.15) is 5.75 Å². The van der Waals surface area contributed by atoms with Crippen molar-refractivity contribution in [2.24, 2.45) is 5.92 Å². The van der Waals surface area contributed by atoms with Gasteiger partial charge in [0.15, 0.2) is 0 Å². The van der Waals surface area contributed by atoms with Crippen molar-refractivity contribution >= 4 is 29.2 Å². The molecule has 2 aromatic carbocycles. The average molecular weight is 346 g/mol. The van der Waals surface area contributed by atoms with Crippen molar-refractivity contribution in [2.45, 2.75) is 6.42 Å². The van der Waals surface area contributed by atoms with Crippen molar-refractivity contribution in [3.8, 4) is 16.9 Å². The van der Waals surface area contributed by atoms with Crippen molar-refractivity contribution in [1.29, 1.82) is 0 Å². The second kappa shape index (κ2) is 6.53. The molecule has 1 N–H and O–H groups in total. The van der Waals surface area contributed by atoms with Crippen LogP contribution in [0.25, 0.3) is 11.1 Å². The molecule has 1 heterocycles. The highest BCUT2D eigenvalue weighted by molar-refractivity contribution is 6.33. The number of carbonyl (C=O) groups is 2. The van der Waals surface area contributed by atoms with E-state index in [1.807, 2.05) is 18.2 Å². The lowest BCUT2D eigenvalue weighted by Crippen LogP contribution is -2.25. The number of ether oxygens (including phenoxy) is 1. The molecule has 1 atom stereocenters. The van der Waals surface area contributed by atoms with E-state index < -0.39 is 11.9 Å². The number of hydrogen-bond acceptors (Lipinski definition) is 3. The van der Waals surface area contributed by atoms with Gasteiger partial charge in [0.05, 0.1) is 13.0 Å². The van der Waals surface area contributed by atoms with E-state index in [9.17, 15) is 9.59 Å². The lowest BCUT2D eigenvalue weighted by Gasteiger charge is -2.17. The summed E-state index contributed by atoms with van der Waals surface area (Å²) in [7, 11) is 1.59. The van der Waals surface area contributed by atoms with Crippen molar-refractivity contribution in [1.82, 2.24) is 0 Å². The molecular weight excluding hydrogens is 330 g/mol. The monoisotopic (exact) mass is 345 g/mol. The van der Waals surface area contributed by atoms with Crippen LogP contribution in [0.4, 0.5) is 5.69 Å². The topological polar surface area (TPSA) is 66.8 Å². The number of nitrogens with zero attached hydrogens (tertiary/aromatic N) is 1. The number of methoxy groups -OCH3 is 1. The zero-order valence-corrected chi connectivity index (χ0v) is 13.8. The molecule has 1 aliphatic rings. The molecule has 0 spiro atoms. The van der Waals surface area contributed by atoms with Crippen LogP contribution in [0.5, 0.6) is 5.75 Å². The molecule has 0 radical (unpaired) electrons. The van der Waals surface area contributed by atoms with Crippen LogP contribution in [-0.4, -0.2) is 30.6 Å². The van der Waals surface area contributed by atoms with Gasteiger partial charge in [0, 0.05) is 29.2 Å². The largest absolute Gasteiger partial charge is 0.497 e. The number of hydrogen-bond donors (Lipinski definition) is 1. The summed E-state index contributed by atoms with van der Waals surface area (Å²) in [5, 5.41) is 9.67. The third-order valence-corrected chi connectivity index (χ3v) is 4.47. The highest BCUT2D eigenvalue weighted by Crippen LogP contribution is 2.33. The standard InChI is InChI=1S/C18H16ClNO4/c1-24-14-6-7-16(19)15(9-14)11-2-4-13(5-3-11)20-10-12(18(22)23)8-17(20)21/h2-7,9,12H,8,10H2,1H3,(H,22,23). The number of carboxylic acid groups (broad SMARTS) is 1. The van der Waals surface area contributed by atoms with Crippen LogP contribution < -0.4 is 9.64 Å². The zero-order chi connectivity index (χ0) is 17.3. The lowest BCUT2D eigenvalue weighted by molar-refractivity contribution is -0.141. The maximum Gasteiger partial charge on any atom is 0.308 e. The van der Waals surface area contributed by atoms with Gasteiger partial charge in [-0.15, -0.1) is 0 Å². The Morgan fingerprint density at radius 2 is 1.96 bits per heavy atom. The quantitative estimate of drug-likeness (QED) is 0.921. The number of carbonyl (C=O) groups excluding carboxylic acids is 1. The van der Waals surface area contributed by atoms with Gasteiger partial charge in [-0.2, -0.15) is 0 Å². The molecule has 1 unspecified atom stereocenters. The molecule has 0 bridgehead atoms. The van der Waals surface area contributed by atoms with Gasteiger partial charge in [-0.1, -0.05) is 23.7 Å². The highest BCUT2D eigenvalue weighted by Gasteiger charge is 2.34. The Hall–Kier alpha value is -2.53. The van der Waals surface area contributed by atoms with Crippen LogP contribution in [0.3, 0.4) is 0 Å². The van der Waals surface area contributed by atoms with Gasteiger partial charge < -0.3 is 14.7 Å². The maximum absolute atomic E-state index is 12.0. The number of carboxylic acids is 1. The Kier molecular flexibility index (Phi) is 4.44. The van der Waals surface area contributed by atoms with E-state index in [1.54, 1.807) is 31.4 Å². The maximum atomic E-state index is 12.0. The zero-order valence-electron chi connectivity index (χ0n) is 13.0. The first-order chi connectivity index (χ1) is 11.5. The molecular formula is C18H16ClNO4. The van der Waals surface area contributed by atoms with E-state index >= 15 is 0 Å². The first kappa shape index (κ1) is 16.3. The van der Waals surface area contributed by atoms with E-state index in [-0.39, 0.29) is 18.9 Å². The van der Waals surface area contributed by atoms with Gasteiger partial charge in [0.2, 0.25) is 5.91 Å². The fourth-order valence-electron chi connectivity index (χ4n) is 2.80. The summed E-state index contributed by atoms with van der Waals surface area (Å²) in [6.45, 7) is 0.202. The minimum Gasteiger partial charge on any atom is -0.497 e. The van der Waals surface area contributed by atoms with Crippen LogP contribution in [0.2, 0.25) is 5.02 Å². The summed E-state index contributed by atoms with van der Waals surface area (Å²) < 4.78 is 5.22. The molecule has 24 heavy (non-hydrogen) atoms. The number of aliphatic carboxylic acids is 1. The molecule has 1 amide bonds. The second-order valence-corrected chi connectivity index (χ2v) is 6.04. The molecule has 0 saturated carbocycles. The van der Waals surface area contributed by atoms with Gasteiger partial charge in [-0.05, 0) is 35.9 Å². The number of rotatable bonds is 4. The molecule has 1 aliphatic heterocycles. The molecule has 124 valence electrons. The number of anilines is 1. The van der Waals surface area contributed by atoms with Crippen LogP contribution in [-0.2, 0) is 9.59 Å². The Morgan fingerprint density at radius 1 is 1.25 bits per heavy atom. The number of benzene rings is 2. The Morgan fingerprint density at radius 3 is 2.54 bits per heavy atom. The van der Waals surface area contributed by atoms with Crippen molar-refractivity contribution in [3.05, 3.63) is 47.5 Å². The minimum atomic E-state index is -0.939. The van der Waals surface area contributed by atoms with Crippen LogP contribution >= 0.6 is 11.6 Å². The molecule has 0 aromatic heterocycles. The summed E-state index contributed by atoms with van der Waals surface area (Å²) in [6, 6.07) is 12.7. The van der Waals surface area contributed by atoms with Crippen molar-refractivity contribution < 1.29 is 19.4 Å². The molecule has 6 heteroatoms. The normalized spacial score (nSPS) is 17.2. The van der Waals surface area contributed by atoms with Crippen LogP contribution in [0.15, 0.2) is 42.5 Å². The Balaban J connectivity index is 1.86. The highest BCUT2D eigenvalue weighted by atomic mass is 35.5. The van der Waals surface area contributed by atoms with Gasteiger partial charge in [-0.25, -0.2) is 0 Å². The van der Waals surface area contributed by atoms with E-state index in [0.29, 0.717) is 16.5 Å². The predicted octanol–water partition coefficient (Wildman–Crippen LogP) is 3.45. The summed E-state index contributed by atoms with van der Waals surface area (Å²) in [6.07, 6.45) is 0.0405. The predicted molar refractivity (Wildman–Crippen MR) is 91.5 cm³/mol. The number of halogens is 1. The molecule has 2 aromatic rings. The van der Waals surface area contributed by atoms with Crippen LogP contribution in [0, 0.1) is 5.92 Å². The van der Waals surface area contributed by atoms with Crippen LogP contribution in [0.1, 0.15) is 6.42 Å². The minimum absolute atomic E-state index is 0.0405. The first-order valence-corrected chi connectivity index (χ1v) is 7.84. The number of amides is 1. The van der Waals surface area contributed by atoms with Gasteiger partial charge >= 0.3 is 5.97 Å². The van der Waals surface area contributed by atoms with E-state index in [0.717, 1.165) is 11.1 Å². The van der Waals surface area contributed by atoms with Crippen molar-refractivity contribution in [3.63, 3.8) is 0 Å². The average Bonchev–Trinajstić information content (AvgIpc) is 2.98. The molecule has 1 fully saturated rings. The van der Waals surface area contributed by atoms with E-state index in [4.69, 9.17) is 21.4 Å². The fraction of sp³-hybridized carbons (Fsp3) is 0.222. The second-order valence-electron chi connectivity index (χ2n) is 5.64. The first-order valence-electron chi connectivity index (χ1n) is 7.46. The Bertz CT molecular complexity index is 788. The SMILES string of the molecule is COc1ccc(Cl)c(-c2ccc(N3CC(C(=O)O)CC3=O)cc2)c1. The van der Waals surface area contributed by atoms with Gasteiger partial charge in [0.25, 0.3) is 0 Å². The van der Waals surface area contributed by atoms with Gasteiger partial charge in [-0.3, -0.25) is 9.59 Å². The smallest absolute Gasteiger partial charge is 0.308 e. The third kappa shape index (κ3) is 3.08. The fourth-order valence-corrected chi connectivity index (χ4v) is 3.02. The molecule has 3 rings (SSSR count). The summed E-state index contributed by atoms with van der Waals surface area (Å²) in [4.78, 5) is 24.6. The summed E-state index contributed by atoms with van der Waals surface area (Å²) in [5.74, 6) is -1.05.